The van der Waals surface area contributed by atoms with Crippen LogP contribution in [0, 0.1) is 18.3 Å². The molecular formula is C25H23ClN4O7S. The Morgan fingerprint density at radius 1 is 0.974 bits per heavy atom. The average Bonchev–Trinajstić information content (AvgIpc) is 2.90. The molecule has 0 saturated carbocycles. The van der Waals surface area contributed by atoms with Crippen molar-refractivity contribution >= 4 is 39.1 Å². The summed E-state index contributed by atoms with van der Waals surface area (Å²) in [6.45, 7) is 1.16. The Bertz CT molecular complexity index is 1500. The van der Waals surface area contributed by atoms with Gasteiger partial charge in [-0.1, -0.05) is 17.7 Å². The zero-order valence-electron chi connectivity index (χ0n) is 20.5. The number of sulfonamides is 1. The van der Waals surface area contributed by atoms with Crippen LogP contribution >= 0.6 is 11.6 Å². The average molecular weight is 559 g/mol. The summed E-state index contributed by atoms with van der Waals surface area (Å²) in [4.78, 5) is 24.5. The van der Waals surface area contributed by atoms with Gasteiger partial charge in [-0.2, -0.15) is 5.26 Å². The largest absolute Gasteiger partial charge is 0.495 e. The molecule has 0 aliphatic rings. The predicted octanol–water partition coefficient (Wildman–Crippen LogP) is 3.18. The Balaban J connectivity index is 1.69. The van der Waals surface area contributed by atoms with Crippen LogP contribution in [-0.2, 0) is 14.8 Å². The summed E-state index contributed by atoms with van der Waals surface area (Å²) in [6, 6.07) is 14.9. The molecule has 0 spiro atoms. The van der Waals surface area contributed by atoms with E-state index >= 15 is 0 Å². The first kappa shape index (κ1) is 28.1. The predicted molar refractivity (Wildman–Crippen MR) is 139 cm³/mol. The van der Waals surface area contributed by atoms with Crippen LogP contribution in [0.5, 0.6) is 17.2 Å². The van der Waals surface area contributed by atoms with Crippen LogP contribution in [0.3, 0.4) is 0 Å². The van der Waals surface area contributed by atoms with Crippen molar-refractivity contribution in [2.75, 3.05) is 25.5 Å². The van der Waals surface area contributed by atoms with E-state index in [-0.39, 0.29) is 26.9 Å². The minimum absolute atomic E-state index is 0.0241. The maximum absolute atomic E-state index is 13.2. The number of anilines is 1. The summed E-state index contributed by atoms with van der Waals surface area (Å²) < 4.78 is 44.4. The smallest absolute Gasteiger partial charge is 0.276 e. The van der Waals surface area contributed by atoms with Crippen molar-refractivity contribution in [3.05, 3.63) is 76.3 Å². The number of nitriles is 1. The van der Waals surface area contributed by atoms with Gasteiger partial charge in [0.05, 0.1) is 41.5 Å². The van der Waals surface area contributed by atoms with Crippen molar-refractivity contribution in [3.63, 3.8) is 0 Å². The van der Waals surface area contributed by atoms with Crippen molar-refractivity contribution in [2.45, 2.75) is 11.8 Å². The molecule has 3 aromatic carbocycles. The number of methoxy groups -OCH3 is 2. The molecule has 11 nitrogen and oxygen atoms in total. The second-order valence-electron chi connectivity index (χ2n) is 7.70. The molecule has 0 fully saturated rings. The fourth-order valence-electron chi connectivity index (χ4n) is 3.18. The van der Waals surface area contributed by atoms with Crippen LogP contribution in [-0.4, -0.2) is 41.1 Å². The van der Waals surface area contributed by atoms with E-state index in [0.29, 0.717) is 22.6 Å². The maximum atomic E-state index is 13.2. The number of benzene rings is 3. The number of aryl methyl sites for hydroxylation is 1. The molecule has 0 bridgehead atoms. The van der Waals surface area contributed by atoms with E-state index in [1.807, 2.05) is 6.07 Å². The number of hydrogen-bond acceptors (Lipinski definition) is 8. The van der Waals surface area contributed by atoms with Crippen LogP contribution in [0.4, 0.5) is 5.69 Å². The van der Waals surface area contributed by atoms with Crippen LogP contribution in [0.25, 0.3) is 0 Å². The van der Waals surface area contributed by atoms with Crippen molar-refractivity contribution in [2.24, 2.45) is 0 Å². The van der Waals surface area contributed by atoms with Crippen molar-refractivity contribution in [3.8, 4) is 23.3 Å². The van der Waals surface area contributed by atoms with Gasteiger partial charge in [-0.3, -0.25) is 25.2 Å². The quantitative estimate of drug-likeness (QED) is 0.338. The van der Waals surface area contributed by atoms with E-state index in [1.54, 1.807) is 6.92 Å². The summed E-state index contributed by atoms with van der Waals surface area (Å²) in [5, 5.41) is 8.97. The lowest BCUT2D eigenvalue weighted by molar-refractivity contribution is -0.123. The molecule has 3 aromatic rings. The Labute approximate surface area is 224 Å². The van der Waals surface area contributed by atoms with Gasteiger partial charge in [0, 0.05) is 11.6 Å². The van der Waals surface area contributed by atoms with Crippen LogP contribution in [0.15, 0.2) is 59.5 Å². The van der Waals surface area contributed by atoms with Crippen molar-refractivity contribution < 1.29 is 32.2 Å². The number of rotatable bonds is 9. The zero-order chi connectivity index (χ0) is 27.9. The first-order chi connectivity index (χ1) is 18.1. The maximum Gasteiger partial charge on any atom is 0.276 e. The van der Waals surface area contributed by atoms with Gasteiger partial charge in [0.2, 0.25) is 0 Å². The zero-order valence-corrected chi connectivity index (χ0v) is 22.1. The normalized spacial score (nSPS) is 10.6. The third-order valence-corrected chi connectivity index (χ3v) is 6.93. The Morgan fingerprint density at radius 3 is 2.29 bits per heavy atom. The number of nitrogens with zero attached hydrogens (tertiary/aromatic N) is 1. The van der Waals surface area contributed by atoms with E-state index in [4.69, 9.17) is 31.1 Å². The minimum Gasteiger partial charge on any atom is -0.495 e. The van der Waals surface area contributed by atoms with Gasteiger partial charge < -0.3 is 14.2 Å². The van der Waals surface area contributed by atoms with Gasteiger partial charge in [-0.15, -0.1) is 0 Å². The lowest BCUT2D eigenvalue weighted by Gasteiger charge is -2.16. The molecule has 38 heavy (non-hydrogen) atoms. The van der Waals surface area contributed by atoms with Crippen LogP contribution < -0.4 is 29.8 Å². The van der Waals surface area contributed by atoms with Gasteiger partial charge in [0.15, 0.2) is 6.61 Å². The van der Waals surface area contributed by atoms with E-state index < -0.39 is 28.4 Å². The summed E-state index contributed by atoms with van der Waals surface area (Å²) >= 11 is 6.14. The first-order valence-electron chi connectivity index (χ1n) is 10.8. The topological polar surface area (TPSA) is 156 Å². The van der Waals surface area contributed by atoms with Crippen molar-refractivity contribution in [1.82, 2.24) is 10.9 Å². The highest BCUT2D eigenvalue weighted by molar-refractivity contribution is 7.92. The van der Waals surface area contributed by atoms with E-state index in [9.17, 15) is 18.0 Å². The highest BCUT2D eigenvalue weighted by atomic mass is 35.5. The van der Waals surface area contributed by atoms with Gasteiger partial charge in [-0.05, 0) is 55.0 Å². The molecule has 0 aromatic heterocycles. The Kier molecular flexibility index (Phi) is 9.01. The number of carbonyl (C=O) groups excluding carboxylic acids is 2. The van der Waals surface area contributed by atoms with Crippen LogP contribution in [0.2, 0.25) is 5.02 Å². The molecule has 0 heterocycles. The SMILES string of the molecule is COc1cc(OC)c(NS(=O)(=O)c2cc(C(=O)NNC(=O)COc3ccc(C#N)cc3)ccc2C)cc1Cl. The van der Waals surface area contributed by atoms with E-state index in [2.05, 4.69) is 15.6 Å². The molecule has 0 unspecified atom stereocenters. The molecule has 3 rings (SSSR count). The molecule has 0 aliphatic carbocycles. The second kappa shape index (κ2) is 12.2. The Hall–Kier alpha value is -4.47. The minimum atomic E-state index is -4.18. The van der Waals surface area contributed by atoms with E-state index in [0.717, 1.165) is 0 Å². The number of carbonyl (C=O) groups is 2. The summed E-state index contributed by atoms with van der Waals surface area (Å²) in [5.41, 5.74) is 5.26. The molecule has 0 radical (unpaired) electrons. The van der Waals surface area contributed by atoms with Gasteiger partial charge in [0.1, 0.15) is 17.2 Å². The standard InChI is InChI=1S/C25H23ClN4O7S/c1-15-4-7-17(25(32)29-28-24(31)14-37-18-8-5-16(13-27)6-9-18)10-23(15)38(33,34)30-20-11-19(26)21(35-2)12-22(20)36-3/h4-12,30H,14H2,1-3H3,(H,28,31)(H,29,32). The van der Waals surface area contributed by atoms with E-state index in [1.165, 1.54) is 68.8 Å². The van der Waals surface area contributed by atoms with Crippen LogP contribution in [0.1, 0.15) is 21.5 Å². The number of hydrazine groups is 1. The summed E-state index contributed by atoms with van der Waals surface area (Å²) in [6.07, 6.45) is 0. The number of ether oxygens (including phenoxy) is 3. The second-order valence-corrected chi connectivity index (χ2v) is 9.76. The molecule has 13 heteroatoms. The number of nitrogens with one attached hydrogen (secondary N) is 3. The molecule has 0 saturated heterocycles. The van der Waals surface area contributed by atoms with Gasteiger partial charge >= 0.3 is 0 Å². The molecular weight excluding hydrogens is 536 g/mol. The fourth-order valence-corrected chi connectivity index (χ4v) is 4.75. The molecule has 0 atom stereocenters. The third-order valence-electron chi connectivity index (χ3n) is 5.13. The van der Waals surface area contributed by atoms with Gasteiger partial charge in [-0.25, -0.2) is 8.42 Å². The highest BCUT2D eigenvalue weighted by Gasteiger charge is 2.22. The fraction of sp³-hybridized carbons (Fsp3) is 0.160. The highest BCUT2D eigenvalue weighted by Crippen LogP contribution is 2.37. The van der Waals surface area contributed by atoms with Gasteiger partial charge in [0.25, 0.3) is 21.8 Å². The third kappa shape index (κ3) is 6.84. The summed E-state index contributed by atoms with van der Waals surface area (Å²) in [5.74, 6) is -0.579. The lowest BCUT2D eigenvalue weighted by atomic mass is 10.1. The molecule has 198 valence electrons. The number of hydrogen-bond donors (Lipinski definition) is 3. The number of amides is 2. The summed E-state index contributed by atoms with van der Waals surface area (Å²) in [7, 11) is -1.41. The molecule has 2 amide bonds. The first-order valence-corrected chi connectivity index (χ1v) is 12.7. The Morgan fingerprint density at radius 2 is 1.66 bits per heavy atom. The molecule has 3 N–H and O–H groups in total. The van der Waals surface area contributed by atoms with Crippen molar-refractivity contribution in [1.29, 1.82) is 5.26 Å². The lowest BCUT2D eigenvalue weighted by Crippen LogP contribution is -2.43. The monoisotopic (exact) mass is 558 g/mol. The number of halogens is 1. The molecule has 0 aliphatic heterocycles.